The Kier molecular flexibility index (Phi) is 5.21. The van der Waals surface area contributed by atoms with Crippen molar-refractivity contribution < 1.29 is 9.53 Å². The maximum Gasteiger partial charge on any atom is 0.187 e. The molecule has 3 heteroatoms. The van der Waals surface area contributed by atoms with Gasteiger partial charge < -0.3 is 4.74 Å². The molecule has 0 atom stereocenters. The first-order valence-electron chi connectivity index (χ1n) is 11.6. The number of benzene rings is 4. The fourth-order valence-corrected chi connectivity index (χ4v) is 10.7. The van der Waals surface area contributed by atoms with Crippen molar-refractivity contribution in [2.45, 2.75) is 0 Å². The quantitative estimate of drug-likeness (QED) is 0.334. The van der Waals surface area contributed by atoms with Crippen LogP contribution in [0, 0.1) is 0 Å². The predicted octanol–water partition coefficient (Wildman–Crippen LogP) is 4.06. The van der Waals surface area contributed by atoms with Crippen LogP contribution in [0.2, 0.25) is 0 Å². The predicted molar refractivity (Wildman–Crippen MR) is 140 cm³/mol. The molecule has 0 bridgehead atoms. The monoisotopic (exact) mass is 456 g/mol. The van der Waals surface area contributed by atoms with Gasteiger partial charge in [-0.3, -0.25) is 4.79 Å². The lowest BCUT2D eigenvalue weighted by Crippen LogP contribution is -2.69. The standard InChI is InChI=1S/C31H24O2Si/c32-30-29(23-13-5-1-6-14-23)27-21-33-22-28(27)31(30)34(24-15-7-2-8-16-24,25-17-9-3-10-18-25)26-19-11-4-12-20-26/h1-20H,21-22H2. The van der Waals surface area contributed by atoms with Crippen LogP contribution in [0.1, 0.15) is 5.56 Å². The second-order valence-corrected chi connectivity index (χ2v) is 12.5. The van der Waals surface area contributed by atoms with Crippen molar-refractivity contribution in [2.24, 2.45) is 0 Å². The highest BCUT2D eigenvalue weighted by atomic mass is 28.3. The molecule has 34 heavy (non-hydrogen) atoms. The summed E-state index contributed by atoms with van der Waals surface area (Å²) in [4.78, 5) is 14.5. The molecule has 0 radical (unpaired) electrons. The zero-order valence-corrected chi connectivity index (χ0v) is 19.8. The van der Waals surface area contributed by atoms with Gasteiger partial charge in [-0.05, 0) is 32.3 Å². The van der Waals surface area contributed by atoms with E-state index in [1.165, 1.54) is 15.6 Å². The molecule has 1 aliphatic heterocycles. The lowest BCUT2D eigenvalue weighted by Gasteiger charge is -2.35. The van der Waals surface area contributed by atoms with E-state index in [1.54, 1.807) is 0 Å². The molecule has 4 aromatic rings. The molecule has 0 spiro atoms. The van der Waals surface area contributed by atoms with Crippen molar-refractivity contribution in [3.63, 3.8) is 0 Å². The van der Waals surface area contributed by atoms with Crippen molar-refractivity contribution in [3.8, 4) is 0 Å². The summed E-state index contributed by atoms with van der Waals surface area (Å²) in [6.07, 6.45) is 0. The van der Waals surface area contributed by atoms with E-state index in [0.717, 1.165) is 27.5 Å². The van der Waals surface area contributed by atoms with E-state index in [2.05, 4.69) is 72.8 Å². The minimum atomic E-state index is -2.91. The number of rotatable bonds is 5. The normalized spacial score (nSPS) is 15.7. The number of ether oxygens (including phenoxy) is 1. The largest absolute Gasteiger partial charge is 0.372 e. The number of ketones is 1. The summed E-state index contributed by atoms with van der Waals surface area (Å²) in [5.74, 6) is 0.155. The van der Waals surface area contributed by atoms with Gasteiger partial charge in [0.15, 0.2) is 13.9 Å². The van der Waals surface area contributed by atoms with Crippen molar-refractivity contribution in [2.75, 3.05) is 13.2 Å². The molecule has 0 unspecified atom stereocenters. The smallest absolute Gasteiger partial charge is 0.187 e. The number of Topliss-reactive ketones (excluding diaryl/α,β-unsaturated/α-hetero) is 1. The highest BCUT2D eigenvalue weighted by Crippen LogP contribution is 2.42. The molecule has 0 N–H and O–H groups in total. The number of hydrogen-bond acceptors (Lipinski definition) is 2. The summed E-state index contributed by atoms with van der Waals surface area (Å²) in [5.41, 5.74) is 3.93. The van der Waals surface area contributed by atoms with Gasteiger partial charge in [0.25, 0.3) is 0 Å². The van der Waals surface area contributed by atoms with E-state index >= 15 is 0 Å². The number of hydrogen-bond donors (Lipinski definition) is 0. The molecule has 0 amide bonds. The van der Waals surface area contributed by atoms with Gasteiger partial charge in [0.1, 0.15) is 0 Å². The maximum atomic E-state index is 14.5. The first kappa shape index (κ1) is 20.8. The van der Waals surface area contributed by atoms with Gasteiger partial charge >= 0.3 is 0 Å². The van der Waals surface area contributed by atoms with E-state index in [-0.39, 0.29) is 5.78 Å². The average Bonchev–Trinajstić information content (AvgIpc) is 3.48. The van der Waals surface area contributed by atoms with E-state index in [0.29, 0.717) is 13.2 Å². The van der Waals surface area contributed by atoms with Crippen LogP contribution in [0.15, 0.2) is 138 Å². The van der Waals surface area contributed by atoms with Crippen LogP contribution in [-0.2, 0) is 9.53 Å². The molecule has 1 fully saturated rings. The third-order valence-corrected chi connectivity index (χ3v) is 11.8. The molecule has 6 rings (SSSR count). The van der Waals surface area contributed by atoms with Crippen LogP contribution in [0.3, 0.4) is 0 Å². The van der Waals surface area contributed by atoms with E-state index in [4.69, 9.17) is 4.74 Å². The molecule has 4 aromatic carbocycles. The van der Waals surface area contributed by atoms with Crippen molar-refractivity contribution in [1.82, 2.24) is 0 Å². The Morgan fingerprint density at radius 3 is 1.41 bits per heavy atom. The fourth-order valence-electron chi connectivity index (χ4n) is 5.58. The van der Waals surface area contributed by atoms with Gasteiger partial charge in [0, 0.05) is 10.8 Å². The fraction of sp³-hybridized carbons (Fsp3) is 0.0645. The Morgan fingerprint density at radius 2 is 0.941 bits per heavy atom. The second-order valence-electron chi connectivity index (χ2n) is 8.74. The van der Waals surface area contributed by atoms with Crippen molar-refractivity contribution in [1.29, 1.82) is 0 Å². The highest BCUT2D eigenvalue weighted by molar-refractivity contribution is 7.19. The van der Waals surface area contributed by atoms with E-state index < -0.39 is 8.07 Å². The Bertz CT molecular complexity index is 1310. The first-order valence-corrected chi connectivity index (χ1v) is 13.6. The summed E-state index contributed by atoms with van der Waals surface area (Å²) in [7, 11) is -2.91. The van der Waals surface area contributed by atoms with Gasteiger partial charge in [0.05, 0.1) is 13.2 Å². The summed E-state index contributed by atoms with van der Waals surface area (Å²) < 4.78 is 6.00. The number of fused-ring (bicyclic) bond motifs is 1. The molecule has 164 valence electrons. The Hall–Kier alpha value is -3.79. The molecule has 0 aromatic heterocycles. The molecule has 0 saturated carbocycles. The van der Waals surface area contributed by atoms with Gasteiger partial charge in [-0.1, -0.05) is 121 Å². The van der Waals surface area contributed by atoms with Crippen molar-refractivity contribution in [3.05, 3.63) is 143 Å². The van der Waals surface area contributed by atoms with Crippen LogP contribution < -0.4 is 15.6 Å². The lowest BCUT2D eigenvalue weighted by atomic mass is 10.0. The van der Waals surface area contributed by atoms with Gasteiger partial charge in [-0.15, -0.1) is 0 Å². The van der Waals surface area contributed by atoms with E-state index in [1.807, 2.05) is 48.5 Å². The van der Waals surface area contributed by atoms with Gasteiger partial charge in [-0.2, -0.15) is 0 Å². The zero-order chi connectivity index (χ0) is 23.0. The van der Waals surface area contributed by atoms with Gasteiger partial charge in [-0.25, -0.2) is 0 Å². The van der Waals surface area contributed by atoms with Gasteiger partial charge in [0.2, 0.25) is 0 Å². The molecule has 1 aliphatic carbocycles. The summed E-state index contributed by atoms with van der Waals surface area (Å²) in [5, 5.41) is 4.58. The van der Waals surface area contributed by atoms with Crippen molar-refractivity contribution >= 4 is 35.0 Å². The first-order chi connectivity index (χ1) is 16.8. The number of carbonyl (C=O) groups excluding carboxylic acids is 1. The molecule has 2 nitrogen and oxygen atoms in total. The zero-order valence-electron chi connectivity index (χ0n) is 18.8. The van der Waals surface area contributed by atoms with Crippen LogP contribution in [-0.4, -0.2) is 27.1 Å². The number of carbonyl (C=O) groups is 1. The minimum absolute atomic E-state index is 0.155. The summed E-state index contributed by atoms with van der Waals surface area (Å²) in [6.45, 7) is 0.964. The summed E-state index contributed by atoms with van der Waals surface area (Å²) in [6, 6.07) is 41.9. The highest BCUT2D eigenvalue weighted by Gasteiger charge is 2.51. The molecular formula is C31H24O2Si. The van der Waals surface area contributed by atoms with Crippen LogP contribution >= 0.6 is 0 Å². The lowest BCUT2D eigenvalue weighted by molar-refractivity contribution is -0.110. The minimum Gasteiger partial charge on any atom is -0.372 e. The topological polar surface area (TPSA) is 26.3 Å². The SMILES string of the molecule is O=C1C(c2ccccc2)=C2COCC2=C1[Si](c1ccccc1)(c1ccccc1)c1ccccc1. The second kappa shape index (κ2) is 8.53. The van der Waals surface area contributed by atoms with Crippen LogP contribution in [0.25, 0.3) is 5.57 Å². The van der Waals surface area contributed by atoms with E-state index in [9.17, 15) is 4.79 Å². The molecule has 1 heterocycles. The molecular weight excluding hydrogens is 432 g/mol. The maximum absolute atomic E-state index is 14.5. The molecule has 1 saturated heterocycles. The number of allylic oxidation sites excluding steroid dienone is 2. The molecule has 2 aliphatic rings. The van der Waals surface area contributed by atoms with Crippen LogP contribution in [0.5, 0.6) is 0 Å². The Balaban J connectivity index is 1.71. The Labute approximate surface area is 200 Å². The third-order valence-electron chi connectivity index (χ3n) is 6.97. The average molecular weight is 457 g/mol. The Morgan fingerprint density at radius 1 is 0.529 bits per heavy atom. The third kappa shape index (κ3) is 3.09. The summed E-state index contributed by atoms with van der Waals surface area (Å²) >= 11 is 0. The van der Waals surface area contributed by atoms with Crippen LogP contribution in [0.4, 0.5) is 0 Å².